The fourth-order valence-corrected chi connectivity index (χ4v) is 2.91. The largest absolute Gasteiger partial charge is 0.270 e. The van der Waals surface area contributed by atoms with Crippen molar-refractivity contribution in [3.05, 3.63) is 35.2 Å². The zero-order chi connectivity index (χ0) is 11.6. The monoisotopic (exact) mass is 256 g/mol. The predicted molar refractivity (Wildman–Crippen MR) is 66.3 cm³/mol. The van der Waals surface area contributed by atoms with Crippen LogP contribution in [0.25, 0.3) is 10.1 Å². The second-order valence-corrected chi connectivity index (χ2v) is 6.09. The highest BCUT2D eigenvalue weighted by molar-refractivity contribution is 7.85. The molecule has 0 spiro atoms. The summed E-state index contributed by atoms with van der Waals surface area (Å²) in [5, 5.41) is 3.24. The van der Waals surface area contributed by atoms with Crippen molar-refractivity contribution < 1.29 is 12.6 Å². The molecule has 2 rings (SSSR count). The highest BCUT2D eigenvalue weighted by Gasteiger charge is 2.05. The molecule has 1 aromatic carbocycles. The molecule has 0 saturated heterocycles. The SMILES string of the molecule is CS(=O)(=O)OCCc1csc2ccccc12. The maximum absolute atomic E-state index is 10.8. The number of fused-ring (bicyclic) bond motifs is 1. The normalized spacial score (nSPS) is 12.1. The van der Waals surface area contributed by atoms with Crippen molar-refractivity contribution >= 4 is 31.5 Å². The Morgan fingerprint density at radius 1 is 1.31 bits per heavy atom. The first kappa shape index (κ1) is 11.6. The van der Waals surface area contributed by atoms with Gasteiger partial charge in [0.2, 0.25) is 0 Å². The minimum atomic E-state index is -3.33. The molecule has 0 bridgehead atoms. The second kappa shape index (κ2) is 4.53. The lowest BCUT2D eigenvalue weighted by atomic mass is 10.1. The predicted octanol–water partition coefficient (Wildman–Crippen LogP) is 2.42. The molecule has 0 fully saturated rings. The van der Waals surface area contributed by atoms with E-state index in [0.29, 0.717) is 6.42 Å². The van der Waals surface area contributed by atoms with E-state index >= 15 is 0 Å². The van der Waals surface area contributed by atoms with Crippen LogP contribution in [0.15, 0.2) is 29.6 Å². The lowest BCUT2D eigenvalue weighted by Crippen LogP contribution is -2.05. The summed E-state index contributed by atoms with van der Waals surface area (Å²) in [6.07, 6.45) is 1.69. The quantitative estimate of drug-likeness (QED) is 0.789. The van der Waals surface area contributed by atoms with Gasteiger partial charge in [0.15, 0.2) is 0 Å². The molecule has 0 unspecified atom stereocenters. The van der Waals surface area contributed by atoms with Crippen LogP contribution < -0.4 is 0 Å². The second-order valence-electron chi connectivity index (χ2n) is 3.53. The Labute approximate surface area is 98.8 Å². The van der Waals surface area contributed by atoms with Crippen molar-refractivity contribution in [1.29, 1.82) is 0 Å². The molecule has 0 saturated carbocycles. The first-order valence-electron chi connectivity index (χ1n) is 4.86. The fourth-order valence-electron chi connectivity index (χ4n) is 1.53. The molecule has 0 aliphatic rings. The van der Waals surface area contributed by atoms with Crippen molar-refractivity contribution in [2.24, 2.45) is 0 Å². The number of hydrogen-bond donors (Lipinski definition) is 0. The Bertz CT molecular complexity index is 584. The van der Waals surface area contributed by atoms with Crippen LogP contribution in [0.5, 0.6) is 0 Å². The van der Waals surface area contributed by atoms with Gasteiger partial charge in [0, 0.05) is 4.70 Å². The number of benzene rings is 1. The average molecular weight is 256 g/mol. The van der Waals surface area contributed by atoms with E-state index in [1.165, 1.54) is 10.1 Å². The maximum atomic E-state index is 10.8. The van der Waals surface area contributed by atoms with Crippen LogP contribution in [0.1, 0.15) is 5.56 Å². The van der Waals surface area contributed by atoms with Gasteiger partial charge < -0.3 is 0 Å². The molecule has 86 valence electrons. The first-order valence-corrected chi connectivity index (χ1v) is 7.55. The summed E-state index contributed by atoms with van der Waals surface area (Å²) in [5.74, 6) is 0. The van der Waals surface area contributed by atoms with Gasteiger partial charge in [0.25, 0.3) is 10.1 Å². The van der Waals surface area contributed by atoms with Gasteiger partial charge in [-0.15, -0.1) is 11.3 Å². The Kier molecular flexibility index (Phi) is 3.28. The molecular formula is C11H12O3S2. The molecule has 0 amide bonds. The van der Waals surface area contributed by atoms with E-state index in [1.54, 1.807) is 11.3 Å². The molecule has 5 heteroatoms. The summed E-state index contributed by atoms with van der Waals surface area (Å²) in [6.45, 7) is 0.208. The van der Waals surface area contributed by atoms with Crippen LogP contribution in [0, 0.1) is 0 Å². The molecule has 0 aliphatic carbocycles. The van der Waals surface area contributed by atoms with Gasteiger partial charge in [-0.3, -0.25) is 4.18 Å². The van der Waals surface area contributed by atoms with Crippen LogP contribution in [-0.2, 0) is 20.7 Å². The van der Waals surface area contributed by atoms with Crippen LogP contribution in [-0.4, -0.2) is 21.3 Å². The molecular weight excluding hydrogens is 244 g/mol. The van der Waals surface area contributed by atoms with Gasteiger partial charge in [0.05, 0.1) is 12.9 Å². The molecule has 3 nitrogen and oxygen atoms in total. The third-order valence-corrected chi connectivity index (χ3v) is 3.84. The van der Waals surface area contributed by atoms with Crippen molar-refractivity contribution in [2.45, 2.75) is 6.42 Å². The van der Waals surface area contributed by atoms with E-state index in [1.807, 2.05) is 18.2 Å². The first-order chi connectivity index (χ1) is 7.56. The van der Waals surface area contributed by atoms with Crippen LogP contribution >= 0.6 is 11.3 Å². The Morgan fingerprint density at radius 3 is 2.81 bits per heavy atom. The summed E-state index contributed by atoms with van der Waals surface area (Å²) in [5.41, 5.74) is 1.14. The molecule has 1 aromatic heterocycles. The number of hydrogen-bond acceptors (Lipinski definition) is 4. The molecule has 0 aliphatic heterocycles. The molecule has 16 heavy (non-hydrogen) atoms. The van der Waals surface area contributed by atoms with Gasteiger partial charge >= 0.3 is 0 Å². The summed E-state index contributed by atoms with van der Waals surface area (Å²) in [6, 6.07) is 8.08. The third kappa shape index (κ3) is 2.81. The van der Waals surface area contributed by atoms with Crippen molar-refractivity contribution in [3.63, 3.8) is 0 Å². The number of thiophene rings is 1. The minimum Gasteiger partial charge on any atom is -0.270 e. The van der Waals surface area contributed by atoms with Gasteiger partial charge in [-0.2, -0.15) is 8.42 Å². The third-order valence-electron chi connectivity index (χ3n) is 2.23. The molecule has 0 radical (unpaired) electrons. The lowest BCUT2D eigenvalue weighted by molar-refractivity contribution is 0.326. The molecule has 0 atom stereocenters. The Hall–Kier alpha value is -0.910. The van der Waals surface area contributed by atoms with Gasteiger partial charge in [0.1, 0.15) is 0 Å². The van der Waals surface area contributed by atoms with Crippen LogP contribution in [0.3, 0.4) is 0 Å². The number of rotatable bonds is 4. The van der Waals surface area contributed by atoms with E-state index in [9.17, 15) is 8.42 Å². The molecule has 2 aromatic rings. The Morgan fingerprint density at radius 2 is 2.06 bits per heavy atom. The maximum Gasteiger partial charge on any atom is 0.264 e. The Balaban J connectivity index is 2.10. The van der Waals surface area contributed by atoms with E-state index < -0.39 is 10.1 Å². The zero-order valence-corrected chi connectivity index (χ0v) is 10.5. The molecule has 1 heterocycles. The van der Waals surface area contributed by atoms with Crippen LogP contribution in [0.2, 0.25) is 0 Å². The lowest BCUT2D eigenvalue weighted by Gasteiger charge is -2.00. The minimum absolute atomic E-state index is 0.208. The highest BCUT2D eigenvalue weighted by atomic mass is 32.2. The van der Waals surface area contributed by atoms with Crippen molar-refractivity contribution in [1.82, 2.24) is 0 Å². The summed E-state index contributed by atoms with van der Waals surface area (Å²) in [7, 11) is -3.33. The van der Waals surface area contributed by atoms with Crippen LogP contribution in [0.4, 0.5) is 0 Å². The van der Waals surface area contributed by atoms with E-state index in [2.05, 4.69) is 11.4 Å². The smallest absolute Gasteiger partial charge is 0.264 e. The zero-order valence-electron chi connectivity index (χ0n) is 8.84. The van der Waals surface area contributed by atoms with Crippen molar-refractivity contribution in [3.8, 4) is 0 Å². The summed E-state index contributed by atoms with van der Waals surface area (Å²) < 4.78 is 27.6. The molecule has 0 N–H and O–H groups in total. The van der Waals surface area contributed by atoms with Gasteiger partial charge in [-0.25, -0.2) is 0 Å². The summed E-state index contributed by atoms with van der Waals surface area (Å²) in [4.78, 5) is 0. The topological polar surface area (TPSA) is 43.4 Å². The van der Waals surface area contributed by atoms with Crippen molar-refractivity contribution in [2.75, 3.05) is 12.9 Å². The standard InChI is InChI=1S/C11H12O3S2/c1-16(12,13)14-7-6-9-8-15-11-5-3-2-4-10(9)11/h2-5,8H,6-7H2,1H3. The van der Waals surface area contributed by atoms with E-state index in [4.69, 9.17) is 4.18 Å². The van der Waals surface area contributed by atoms with Gasteiger partial charge in [-0.1, -0.05) is 18.2 Å². The van der Waals surface area contributed by atoms with E-state index in [0.717, 1.165) is 11.8 Å². The highest BCUT2D eigenvalue weighted by Crippen LogP contribution is 2.25. The van der Waals surface area contributed by atoms with E-state index in [-0.39, 0.29) is 6.61 Å². The fraction of sp³-hybridized carbons (Fsp3) is 0.273. The van der Waals surface area contributed by atoms with Gasteiger partial charge in [-0.05, 0) is 28.8 Å². The summed E-state index contributed by atoms with van der Waals surface area (Å²) >= 11 is 1.67. The average Bonchev–Trinajstić information content (AvgIpc) is 2.60.